The van der Waals surface area contributed by atoms with Crippen LogP contribution in [0.25, 0.3) is 0 Å². The third-order valence-electron chi connectivity index (χ3n) is 2.51. The maximum atomic E-state index is 11.9. The van der Waals surface area contributed by atoms with Gasteiger partial charge in [-0.15, -0.1) is 11.3 Å². The first-order chi connectivity index (χ1) is 10.2. The molecule has 2 aromatic rings. The van der Waals surface area contributed by atoms with E-state index in [-0.39, 0.29) is 23.0 Å². The highest BCUT2D eigenvalue weighted by Crippen LogP contribution is 2.27. The second-order valence-electron chi connectivity index (χ2n) is 4.50. The number of amides is 1. The van der Waals surface area contributed by atoms with Gasteiger partial charge in [-0.2, -0.15) is 0 Å². The Kier molecular flexibility index (Phi) is 5.49. The molecule has 1 amide bonds. The Balaban J connectivity index is 2.04. The van der Waals surface area contributed by atoms with Crippen LogP contribution in [0.15, 0.2) is 34.1 Å². The highest BCUT2D eigenvalue weighted by atomic mass is 79.9. The fourth-order valence-corrected chi connectivity index (χ4v) is 4.03. The molecule has 9 heteroatoms. The third-order valence-corrected chi connectivity index (χ3v) is 5.04. The Hall–Kier alpha value is -1.09. The van der Waals surface area contributed by atoms with E-state index in [9.17, 15) is 13.2 Å². The molecule has 0 fully saturated rings. The average molecular weight is 424 g/mol. The van der Waals surface area contributed by atoms with Crippen LogP contribution in [0.1, 0.15) is 4.88 Å². The SMILES string of the molecule is CS(=O)(=O)Nc1ccc(NC(=O)Cc2ccc(Br)s2)cc1Cl. The number of carbonyl (C=O) groups excluding carboxylic acids is 1. The zero-order valence-electron chi connectivity index (χ0n) is 11.4. The smallest absolute Gasteiger partial charge is 0.229 e. The van der Waals surface area contributed by atoms with Crippen LogP contribution in [0.4, 0.5) is 11.4 Å². The molecule has 1 aromatic heterocycles. The maximum absolute atomic E-state index is 11.9. The van der Waals surface area contributed by atoms with E-state index in [2.05, 4.69) is 26.0 Å². The average Bonchev–Trinajstić information content (AvgIpc) is 2.76. The summed E-state index contributed by atoms with van der Waals surface area (Å²) in [4.78, 5) is 12.9. The van der Waals surface area contributed by atoms with Gasteiger partial charge >= 0.3 is 0 Å². The Morgan fingerprint density at radius 3 is 2.59 bits per heavy atom. The molecule has 2 N–H and O–H groups in total. The predicted octanol–water partition coefficient (Wildman–Crippen LogP) is 3.72. The van der Waals surface area contributed by atoms with Crippen molar-refractivity contribution in [1.82, 2.24) is 0 Å². The molecule has 0 aliphatic carbocycles. The first-order valence-corrected chi connectivity index (χ1v) is 9.92. The minimum atomic E-state index is -3.40. The molecule has 2 rings (SSSR count). The zero-order chi connectivity index (χ0) is 16.3. The molecule has 22 heavy (non-hydrogen) atoms. The molecular formula is C13H12BrClN2O3S2. The Bertz CT molecular complexity index is 805. The van der Waals surface area contributed by atoms with Gasteiger partial charge in [-0.3, -0.25) is 9.52 Å². The van der Waals surface area contributed by atoms with Gasteiger partial charge in [-0.1, -0.05) is 11.6 Å². The van der Waals surface area contributed by atoms with Gasteiger partial charge < -0.3 is 5.32 Å². The van der Waals surface area contributed by atoms with Crippen molar-refractivity contribution in [3.8, 4) is 0 Å². The molecule has 1 aromatic carbocycles. The monoisotopic (exact) mass is 422 g/mol. The number of halogens is 2. The summed E-state index contributed by atoms with van der Waals surface area (Å²) < 4.78 is 25.6. The highest BCUT2D eigenvalue weighted by Gasteiger charge is 2.10. The first-order valence-electron chi connectivity index (χ1n) is 6.04. The van der Waals surface area contributed by atoms with Crippen LogP contribution in [0.3, 0.4) is 0 Å². The van der Waals surface area contributed by atoms with Gasteiger partial charge in [-0.05, 0) is 46.3 Å². The van der Waals surface area contributed by atoms with Gasteiger partial charge in [0.15, 0.2) is 0 Å². The molecule has 5 nitrogen and oxygen atoms in total. The van der Waals surface area contributed by atoms with E-state index in [0.29, 0.717) is 5.69 Å². The lowest BCUT2D eigenvalue weighted by atomic mass is 10.2. The van der Waals surface area contributed by atoms with Crippen LogP contribution in [0, 0.1) is 0 Å². The van der Waals surface area contributed by atoms with Gasteiger partial charge in [0.2, 0.25) is 15.9 Å². The summed E-state index contributed by atoms with van der Waals surface area (Å²) in [7, 11) is -3.40. The van der Waals surface area contributed by atoms with Gasteiger partial charge in [0, 0.05) is 10.6 Å². The van der Waals surface area contributed by atoms with Crippen LogP contribution in [0.2, 0.25) is 5.02 Å². The van der Waals surface area contributed by atoms with Crippen molar-refractivity contribution >= 4 is 66.2 Å². The van der Waals surface area contributed by atoms with Gasteiger partial charge in [0.05, 0.1) is 27.2 Å². The molecule has 0 unspecified atom stereocenters. The largest absolute Gasteiger partial charge is 0.326 e. The van der Waals surface area contributed by atoms with E-state index in [1.807, 2.05) is 12.1 Å². The minimum Gasteiger partial charge on any atom is -0.326 e. The summed E-state index contributed by atoms with van der Waals surface area (Å²) in [5.74, 6) is -0.172. The first kappa shape index (κ1) is 17.3. The molecule has 0 atom stereocenters. The van der Waals surface area contributed by atoms with Crippen molar-refractivity contribution in [1.29, 1.82) is 0 Å². The number of thiophene rings is 1. The topological polar surface area (TPSA) is 75.3 Å². The van der Waals surface area contributed by atoms with E-state index in [1.165, 1.54) is 23.5 Å². The normalized spacial score (nSPS) is 11.2. The molecule has 0 radical (unpaired) electrons. The number of benzene rings is 1. The van der Waals surface area contributed by atoms with Crippen molar-refractivity contribution in [2.45, 2.75) is 6.42 Å². The van der Waals surface area contributed by atoms with Gasteiger partial charge in [0.1, 0.15) is 0 Å². The van der Waals surface area contributed by atoms with Crippen LogP contribution in [-0.4, -0.2) is 20.6 Å². The Morgan fingerprint density at radius 2 is 2.05 bits per heavy atom. The summed E-state index contributed by atoms with van der Waals surface area (Å²) in [5, 5.41) is 2.93. The number of anilines is 2. The fraction of sp³-hybridized carbons (Fsp3) is 0.154. The third kappa shape index (κ3) is 5.28. The van der Waals surface area contributed by atoms with Crippen molar-refractivity contribution < 1.29 is 13.2 Å². The fourth-order valence-electron chi connectivity index (χ4n) is 1.69. The lowest BCUT2D eigenvalue weighted by Crippen LogP contribution is -2.14. The molecule has 1 heterocycles. The molecule has 0 spiro atoms. The van der Waals surface area contributed by atoms with Crippen LogP contribution < -0.4 is 10.0 Å². The Labute approximate surface area is 145 Å². The van der Waals surface area contributed by atoms with E-state index < -0.39 is 10.0 Å². The van der Waals surface area contributed by atoms with Crippen LogP contribution in [-0.2, 0) is 21.2 Å². The Morgan fingerprint density at radius 1 is 1.32 bits per heavy atom. The van der Waals surface area contributed by atoms with Crippen LogP contribution >= 0.6 is 38.9 Å². The molecular weight excluding hydrogens is 412 g/mol. The molecule has 0 aliphatic heterocycles. The van der Waals surface area contributed by atoms with E-state index in [4.69, 9.17) is 11.6 Å². The standard InChI is InChI=1S/C13H12BrClN2O3S2/c1-22(19,20)17-11-4-2-8(6-10(11)15)16-13(18)7-9-3-5-12(14)21-9/h2-6,17H,7H2,1H3,(H,16,18). The highest BCUT2D eigenvalue weighted by molar-refractivity contribution is 9.11. The van der Waals surface area contributed by atoms with E-state index in [1.54, 1.807) is 6.07 Å². The number of hydrogen-bond acceptors (Lipinski definition) is 4. The quantitative estimate of drug-likeness (QED) is 0.769. The van der Waals surface area contributed by atoms with Crippen molar-refractivity contribution in [3.63, 3.8) is 0 Å². The zero-order valence-corrected chi connectivity index (χ0v) is 15.4. The second-order valence-corrected chi connectivity index (χ2v) is 9.20. The number of hydrogen-bond donors (Lipinski definition) is 2. The van der Waals surface area contributed by atoms with E-state index >= 15 is 0 Å². The molecule has 0 saturated carbocycles. The summed E-state index contributed by atoms with van der Waals surface area (Å²) in [6.45, 7) is 0. The number of sulfonamides is 1. The second kappa shape index (κ2) is 6.99. The summed E-state index contributed by atoms with van der Waals surface area (Å²) in [6, 6.07) is 8.34. The summed E-state index contributed by atoms with van der Waals surface area (Å²) >= 11 is 10.8. The summed E-state index contributed by atoms with van der Waals surface area (Å²) in [5.41, 5.74) is 0.772. The maximum Gasteiger partial charge on any atom is 0.229 e. The number of carbonyl (C=O) groups is 1. The lowest BCUT2D eigenvalue weighted by Gasteiger charge is -2.09. The number of rotatable bonds is 5. The minimum absolute atomic E-state index is 0.172. The van der Waals surface area contributed by atoms with E-state index in [0.717, 1.165) is 14.9 Å². The molecule has 0 aliphatic rings. The molecule has 0 bridgehead atoms. The van der Waals surface area contributed by atoms with Crippen molar-refractivity contribution in [3.05, 3.63) is 44.0 Å². The predicted molar refractivity (Wildman–Crippen MR) is 94.3 cm³/mol. The van der Waals surface area contributed by atoms with Crippen molar-refractivity contribution in [2.24, 2.45) is 0 Å². The molecule has 0 saturated heterocycles. The summed E-state index contributed by atoms with van der Waals surface area (Å²) in [6.07, 6.45) is 1.30. The number of nitrogens with one attached hydrogen (secondary N) is 2. The molecule has 118 valence electrons. The van der Waals surface area contributed by atoms with Gasteiger partial charge in [-0.25, -0.2) is 8.42 Å². The van der Waals surface area contributed by atoms with Crippen molar-refractivity contribution in [2.75, 3.05) is 16.3 Å². The van der Waals surface area contributed by atoms with Crippen LogP contribution in [0.5, 0.6) is 0 Å². The van der Waals surface area contributed by atoms with Gasteiger partial charge in [0.25, 0.3) is 0 Å². The lowest BCUT2D eigenvalue weighted by molar-refractivity contribution is -0.115.